The fourth-order valence-electron chi connectivity index (χ4n) is 1.79. The third-order valence-electron chi connectivity index (χ3n) is 2.57. The van der Waals surface area contributed by atoms with Gasteiger partial charge in [0.05, 0.1) is 5.97 Å². The van der Waals surface area contributed by atoms with Gasteiger partial charge in [0.2, 0.25) is 0 Å². The Kier molecular flexibility index (Phi) is 3.28. The van der Waals surface area contributed by atoms with Crippen molar-refractivity contribution in [2.45, 2.75) is 13.0 Å². The van der Waals surface area contributed by atoms with Crippen LogP contribution in [0.25, 0.3) is 10.8 Å². The van der Waals surface area contributed by atoms with E-state index in [1.165, 1.54) is 0 Å². The van der Waals surface area contributed by atoms with Crippen molar-refractivity contribution in [3.05, 3.63) is 48.0 Å². The van der Waals surface area contributed by atoms with E-state index in [1.54, 1.807) is 18.2 Å². The van der Waals surface area contributed by atoms with Gasteiger partial charge in [-0.25, -0.2) is 0 Å². The Bertz CT molecular complexity index is 604. The van der Waals surface area contributed by atoms with Crippen molar-refractivity contribution >= 4 is 22.7 Å². The maximum atomic E-state index is 11.0. The zero-order valence-corrected chi connectivity index (χ0v) is 9.75. The van der Waals surface area contributed by atoms with E-state index < -0.39 is 18.0 Å². The molecular weight excluding hydrogens is 232 g/mol. The Hall–Kier alpha value is -2.36. The quantitative estimate of drug-likeness (QED) is 0.759. The zero-order chi connectivity index (χ0) is 13.1. The highest BCUT2D eigenvalue weighted by Crippen LogP contribution is 2.22. The van der Waals surface area contributed by atoms with Gasteiger partial charge < -0.3 is 14.6 Å². The van der Waals surface area contributed by atoms with Crippen LogP contribution < -0.4 is 5.11 Å². The Labute approximate surface area is 104 Å². The monoisotopic (exact) mass is 243 g/mol. The molecule has 0 N–H and O–H groups in total. The predicted molar refractivity (Wildman–Crippen MR) is 63.5 cm³/mol. The summed E-state index contributed by atoms with van der Waals surface area (Å²) in [5.41, 5.74) is 0.393. The van der Waals surface area contributed by atoms with E-state index in [4.69, 9.17) is 4.74 Å². The summed E-state index contributed by atoms with van der Waals surface area (Å²) in [4.78, 5) is 21.9. The van der Waals surface area contributed by atoms with Crippen LogP contribution in [0.1, 0.15) is 18.6 Å². The number of carbonyl (C=O) groups excluding carboxylic acids is 2. The van der Waals surface area contributed by atoms with Gasteiger partial charge in [0, 0.05) is 6.92 Å². The van der Waals surface area contributed by atoms with Crippen LogP contribution in [0, 0.1) is 0 Å². The summed E-state index contributed by atoms with van der Waals surface area (Å²) in [7, 11) is 0. The second kappa shape index (κ2) is 4.87. The van der Waals surface area contributed by atoms with Gasteiger partial charge in [-0.3, -0.25) is 4.79 Å². The first-order valence-corrected chi connectivity index (χ1v) is 5.44. The summed E-state index contributed by atoms with van der Waals surface area (Å²) < 4.78 is 4.75. The number of benzene rings is 2. The van der Waals surface area contributed by atoms with Crippen LogP contribution in [0.3, 0.4) is 0 Å². The molecule has 1 atom stereocenters. The largest absolute Gasteiger partial charge is 0.546 e. The first-order valence-electron chi connectivity index (χ1n) is 5.44. The average molecular weight is 243 g/mol. The second-order valence-electron chi connectivity index (χ2n) is 3.92. The number of carbonyl (C=O) groups is 2. The lowest BCUT2D eigenvalue weighted by Crippen LogP contribution is -2.32. The Balaban J connectivity index is 2.44. The van der Waals surface area contributed by atoms with Crippen molar-refractivity contribution in [1.29, 1.82) is 0 Å². The maximum Gasteiger partial charge on any atom is 0.303 e. The Morgan fingerprint density at radius 2 is 1.78 bits per heavy atom. The average Bonchev–Trinajstić information content (AvgIpc) is 2.35. The molecule has 0 heterocycles. The summed E-state index contributed by atoms with van der Waals surface area (Å²) in [5.74, 6) is -2.09. The molecule has 4 nitrogen and oxygen atoms in total. The first kappa shape index (κ1) is 12.1. The molecule has 0 spiro atoms. The fraction of sp³-hybridized carbons (Fsp3) is 0.143. The third-order valence-corrected chi connectivity index (χ3v) is 2.57. The molecule has 0 amide bonds. The minimum atomic E-state index is -1.43. The number of fused-ring (bicyclic) bond motifs is 1. The maximum absolute atomic E-state index is 11.0. The molecule has 2 aromatic carbocycles. The number of rotatable bonds is 3. The van der Waals surface area contributed by atoms with E-state index in [2.05, 4.69) is 0 Å². The van der Waals surface area contributed by atoms with Crippen molar-refractivity contribution in [2.75, 3.05) is 0 Å². The molecule has 1 unspecified atom stereocenters. The molecule has 92 valence electrons. The van der Waals surface area contributed by atoms with Gasteiger partial charge in [0.15, 0.2) is 6.10 Å². The molecule has 0 saturated carbocycles. The van der Waals surface area contributed by atoms with Crippen LogP contribution in [0.5, 0.6) is 0 Å². The molecule has 4 heteroatoms. The van der Waals surface area contributed by atoms with Crippen molar-refractivity contribution in [1.82, 2.24) is 0 Å². The molecule has 0 aliphatic carbocycles. The Morgan fingerprint density at radius 1 is 1.11 bits per heavy atom. The lowest BCUT2D eigenvalue weighted by Gasteiger charge is -2.18. The highest BCUT2D eigenvalue weighted by molar-refractivity contribution is 5.85. The van der Waals surface area contributed by atoms with Gasteiger partial charge >= 0.3 is 5.97 Å². The molecule has 0 aliphatic rings. The minimum absolute atomic E-state index is 0.393. The number of hydrogen-bond acceptors (Lipinski definition) is 4. The van der Waals surface area contributed by atoms with Crippen LogP contribution in [-0.4, -0.2) is 11.9 Å². The zero-order valence-electron chi connectivity index (χ0n) is 9.75. The van der Waals surface area contributed by atoms with Crippen LogP contribution in [0.15, 0.2) is 42.5 Å². The van der Waals surface area contributed by atoms with Crippen molar-refractivity contribution < 1.29 is 19.4 Å². The highest BCUT2D eigenvalue weighted by atomic mass is 16.6. The summed E-state index contributed by atoms with van der Waals surface area (Å²) in [6.45, 7) is 1.16. The molecule has 0 saturated heterocycles. The van der Waals surface area contributed by atoms with Gasteiger partial charge in [-0.15, -0.1) is 0 Å². The van der Waals surface area contributed by atoms with E-state index in [9.17, 15) is 14.7 Å². The lowest BCUT2D eigenvalue weighted by atomic mass is 10.0. The first-order chi connectivity index (χ1) is 8.58. The molecule has 2 rings (SSSR count). The third kappa shape index (κ3) is 2.48. The molecule has 0 aromatic heterocycles. The summed E-state index contributed by atoms with van der Waals surface area (Å²) in [6.07, 6.45) is -1.37. The number of esters is 1. The topological polar surface area (TPSA) is 66.4 Å². The summed E-state index contributed by atoms with van der Waals surface area (Å²) in [6, 6.07) is 12.6. The molecule has 0 bridgehead atoms. The molecule has 2 aromatic rings. The molecule has 0 aliphatic heterocycles. The SMILES string of the molecule is CC(=O)OC(C(=O)[O-])c1ccc2ccccc2c1. The number of aliphatic carboxylic acids is 1. The van der Waals surface area contributed by atoms with Gasteiger partial charge in [-0.05, 0) is 22.4 Å². The van der Waals surface area contributed by atoms with E-state index in [-0.39, 0.29) is 0 Å². The molecule has 0 fully saturated rings. The molecular formula is C14H11O4-. The predicted octanol–water partition coefficient (Wildman–Crippen LogP) is 1.19. The summed E-state index contributed by atoms with van der Waals surface area (Å²) >= 11 is 0. The van der Waals surface area contributed by atoms with Crippen LogP contribution in [0.4, 0.5) is 0 Å². The van der Waals surface area contributed by atoms with Crippen molar-refractivity contribution in [3.8, 4) is 0 Å². The number of carboxylic acids is 1. The van der Waals surface area contributed by atoms with Crippen LogP contribution in [-0.2, 0) is 14.3 Å². The van der Waals surface area contributed by atoms with E-state index in [1.807, 2.05) is 24.3 Å². The van der Waals surface area contributed by atoms with Crippen LogP contribution in [0.2, 0.25) is 0 Å². The minimum Gasteiger partial charge on any atom is -0.546 e. The van der Waals surface area contributed by atoms with Gasteiger partial charge in [-0.2, -0.15) is 0 Å². The smallest absolute Gasteiger partial charge is 0.303 e. The molecule has 0 radical (unpaired) electrons. The van der Waals surface area contributed by atoms with Crippen LogP contribution >= 0.6 is 0 Å². The second-order valence-corrected chi connectivity index (χ2v) is 3.92. The standard InChI is InChI=1S/C14H12O4/c1-9(15)18-13(14(16)17)12-7-6-10-4-2-3-5-11(10)8-12/h2-8,13H,1H3,(H,16,17)/p-1. The highest BCUT2D eigenvalue weighted by Gasteiger charge is 2.16. The number of ether oxygens (including phenoxy) is 1. The Morgan fingerprint density at radius 3 is 2.39 bits per heavy atom. The summed E-state index contributed by atoms with van der Waals surface area (Å²) in [5, 5.41) is 12.9. The number of carboxylic acid groups (broad SMARTS) is 1. The van der Waals surface area contributed by atoms with Gasteiger partial charge in [0.25, 0.3) is 0 Å². The lowest BCUT2D eigenvalue weighted by molar-refractivity contribution is -0.316. The molecule has 18 heavy (non-hydrogen) atoms. The van der Waals surface area contributed by atoms with E-state index >= 15 is 0 Å². The van der Waals surface area contributed by atoms with E-state index in [0.717, 1.165) is 17.7 Å². The van der Waals surface area contributed by atoms with Gasteiger partial charge in [-0.1, -0.05) is 36.4 Å². The van der Waals surface area contributed by atoms with Gasteiger partial charge in [0.1, 0.15) is 0 Å². The fourth-order valence-corrected chi connectivity index (χ4v) is 1.79. The number of hydrogen-bond donors (Lipinski definition) is 0. The van der Waals surface area contributed by atoms with Crippen molar-refractivity contribution in [2.24, 2.45) is 0 Å². The van der Waals surface area contributed by atoms with Crippen molar-refractivity contribution in [3.63, 3.8) is 0 Å². The van der Waals surface area contributed by atoms with E-state index in [0.29, 0.717) is 5.56 Å². The normalized spacial score (nSPS) is 12.1.